The Morgan fingerprint density at radius 1 is 1.31 bits per heavy atom. The van der Waals surface area contributed by atoms with E-state index >= 15 is 0 Å². The molecule has 0 radical (unpaired) electrons. The van der Waals surface area contributed by atoms with Gasteiger partial charge in [0.2, 0.25) is 0 Å². The third-order valence-electron chi connectivity index (χ3n) is 2.21. The Kier molecular flexibility index (Phi) is 5.10. The number of hydrogen-bond donors (Lipinski definition) is 1. The number of para-hydroxylation sites is 1. The quantitative estimate of drug-likeness (QED) is 0.797. The van der Waals surface area contributed by atoms with Crippen LogP contribution in [0.3, 0.4) is 0 Å². The molecule has 0 fully saturated rings. The topological polar surface area (TPSA) is 29.1 Å². The van der Waals surface area contributed by atoms with E-state index in [1.807, 2.05) is 25.1 Å². The number of rotatable bonds is 5. The SMILES string of the molecule is CCCCC(Cl)(Cl)C(=O)Nc1ccccc1. The van der Waals surface area contributed by atoms with E-state index in [0.29, 0.717) is 12.1 Å². The van der Waals surface area contributed by atoms with Crippen LogP contribution in [0.15, 0.2) is 30.3 Å². The van der Waals surface area contributed by atoms with E-state index in [9.17, 15) is 4.79 Å². The van der Waals surface area contributed by atoms with Gasteiger partial charge < -0.3 is 5.32 Å². The number of nitrogens with one attached hydrogen (secondary N) is 1. The summed E-state index contributed by atoms with van der Waals surface area (Å²) < 4.78 is -1.34. The molecule has 0 aromatic heterocycles. The summed E-state index contributed by atoms with van der Waals surface area (Å²) in [6.07, 6.45) is 2.25. The second-order valence-corrected chi connectivity index (χ2v) is 5.11. The van der Waals surface area contributed by atoms with Gasteiger partial charge in [-0.15, -0.1) is 0 Å². The number of halogens is 2. The number of amides is 1. The highest BCUT2D eigenvalue weighted by molar-refractivity contribution is 6.59. The van der Waals surface area contributed by atoms with Crippen molar-refractivity contribution in [2.45, 2.75) is 30.5 Å². The first-order valence-electron chi connectivity index (χ1n) is 5.30. The van der Waals surface area contributed by atoms with E-state index in [0.717, 1.165) is 12.8 Å². The molecule has 1 rings (SSSR count). The first-order valence-corrected chi connectivity index (χ1v) is 6.06. The first kappa shape index (κ1) is 13.3. The highest BCUT2D eigenvalue weighted by atomic mass is 35.5. The lowest BCUT2D eigenvalue weighted by molar-refractivity contribution is -0.117. The molecule has 0 saturated carbocycles. The van der Waals surface area contributed by atoms with Gasteiger partial charge in [-0.25, -0.2) is 0 Å². The summed E-state index contributed by atoms with van der Waals surface area (Å²) in [5.41, 5.74) is 0.703. The predicted molar refractivity (Wildman–Crippen MR) is 69.0 cm³/mol. The fraction of sp³-hybridized carbons (Fsp3) is 0.417. The maximum absolute atomic E-state index is 11.8. The largest absolute Gasteiger partial charge is 0.323 e. The van der Waals surface area contributed by atoms with Gasteiger partial charge in [0.25, 0.3) is 5.91 Å². The van der Waals surface area contributed by atoms with Gasteiger partial charge in [0.15, 0.2) is 4.33 Å². The van der Waals surface area contributed by atoms with E-state index in [-0.39, 0.29) is 5.91 Å². The van der Waals surface area contributed by atoms with Crippen LogP contribution in [0, 0.1) is 0 Å². The van der Waals surface area contributed by atoms with Crippen LogP contribution in [0.5, 0.6) is 0 Å². The van der Waals surface area contributed by atoms with E-state index < -0.39 is 4.33 Å². The van der Waals surface area contributed by atoms with Crippen molar-refractivity contribution in [3.8, 4) is 0 Å². The standard InChI is InChI=1S/C12H15Cl2NO/c1-2-3-9-12(13,14)11(16)15-10-7-5-4-6-8-10/h4-8H,2-3,9H2,1H3,(H,15,16). The number of alkyl halides is 2. The molecule has 1 amide bonds. The second-order valence-electron chi connectivity index (χ2n) is 3.63. The average molecular weight is 260 g/mol. The number of carbonyl (C=O) groups is 1. The van der Waals surface area contributed by atoms with Gasteiger partial charge in [-0.05, 0) is 18.6 Å². The van der Waals surface area contributed by atoms with Crippen molar-refractivity contribution in [2.24, 2.45) is 0 Å². The van der Waals surface area contributed by atoms with Gasteiger partial charge in [-0.1, -0.05) is 61.2 Å². The average Bonchev–Trinajstić information content (AvgIpc) is 2.28. The van der Waals surface area contributed by atoms with Crippen LogP contribution < -0.4 is 5.32 Å². The molecule has 2 nitrogen and oxygen atoms in total. The fourth-order valence-corrected chi connectivity index (χ4v) is 1.62. The molecule has 4 heteroatoms. The molecule has 1 aromatic rings. The minimum Gasteiger partial charge on any atom is -0.323 e. The van der Waals surface area contributed by atoms with Gasteiger partial charge in [0, 0.05) is 5.69 Å². The molecule has 0 spiro atoms. The lowest BCUT2D eigenvalue weighted by Gasteiger charge is -2.18. The van der Waals surface area contributed by atoms with Crippen molar-refractivity contribution in [3.63, 3.8) is 0 Å². The molecule has 0 bridgehead atoms. The van der Waals surface area contributed by atoms with Crippen molar-refractivity contribution in [3.05, 3.63) is 30.3 Å². The van der Waals surface area contributed by atoms with Crippen LogP contribution >= 0.6 is 23.2 Å². The summed E-state index contributed by atoms with van der Waals surface area (Å²) in [7, 11) is 0. The lowest BCUT2D eigenvalue weighted by Crippen LogP contribution is -2.32. The maximum atomic E-state index is 11.8. The van der Waals surface area contributed by atoms with Gasteiger partial charge in [-0.2, -0.15) is 0 Å². The molecule has 1 aromatic carbocycles. The van der Waals surface area contributed by atoms with Crippen molar-refractivity contribution in [1.29, 1.82) is 0 Å². The zero-order chi connectivity index (χ0) is 12.0. The molecule has 0 saturated heterocycles. The van der Waals surface area contributed by atoms with Crippen LogP contribution in [0.25, 0.3) is 0 Å². The Balaban J connectivity index is 2.58. The van der Waals surface area contributed by atoms with Crippen LogP contribution in [-0.2, 0) is 4.79 Å². The molecule has 0 aliphatic rings. The number of carbonyl (C=O) groups excluding carboxylic acids is 1. The molecule has 88 valence electrons. The van der Waals surface area contributed by atoms with E-state index in [1.54, 1.807) is 12.1 Å². The molecule has 1 N–H and O–H groups in total. The number of hydrogen-bond acceptors (Lipinski definition) is 1. The van der Waals surface area contributed by atoms with Gasteiger partial charge in [-0.3, -0.25) is 4.79 Å². The molecule has 0 aliphatic carbocycles. The minimum atomic E-state index is -1.34. The number of benzene rings is 1. The molecular formula is C12H15Cl2NO. The highest BCUT2D eigenvalue weighted by Crippen LogP contribution is 2.29. The Morgan fingerprint density at radius 3 is 2.50 bits per heavy atom. The third kappa shape index (κ3) is 4.03. The lowest BCUT2D eigenvalue weighted by atomic mass is 10.2. The second kappa shape index (κ2) is 6.12. The summed E-state index contributed by atoms with van der Waals surface area (Å²) in [5, 5.41) is 2.69. The zero-order valence-corrected chi connectivity index (χ0v) is 10.7. The normalized spacial score (nSPS) is 11.2. The summed E-state index contributed by atoms with van der Waals surface area (Å²) in [4.78, 5) is 11.8. The maximum Gasteiger partial charge on any atom is 0.260 e. The Labute approximate surface area is 106 Å². The van der Waals surface area contributed by atoms with Gasteiger partial charge in [0.05, 0.1) is 0 Å². The van der Waals surface area contributed by atoms with Gasteiger partial charge in [0.1, 0.15) is 0 Å². The third-order valence-corrected chi connectivity index (χ3v) is 2.93. The summed E-state index contributed by atoms with van der Waals surface area (Å²) in [5.74, 6) is -0.365. The number of anilines is 1. The molecular weight excluding hydrogens is 245 g/mol. The first-order chi connectivity index (χ1) is 7.56. The van der Waals surface area contributed by atoms with Crippen molar-refractivity contribution in [1.82, 2.24) is 0 Å². The Bertz CT molecular complexity index is 338. The molecule has 0 aliphatic heterocycles. The monoisotopic (exact) mass is 259 g/mol. The summed E-state index contributed by atoms with van der Waals surface area (Å²) in [6, 6.07) is 9.14. The molecule has 0 atom stereocenters. The van der Waals surface area contributed by atoms with Crippen LogP contribution in [0.2, 0.25) is 0 Å². The van der Waals surface area contributed by atoms with Crippen LogP contribution in [0.1, 0.15) is 26.2 Å². The van der Waals surface area contributed by atoms with Gasteiger partial charge >= 0.3 is 0 Å². The Morgan fingerprint density at radius 2 is 1.94 bits per heavy atom. The zero-order valence-electron chi connectivity index (χ0n) is 9.17. The van der Waals surface area contributed by atoms with Crippen LogP contribution in [0.4, 0.5) is 5.69 Å². The number of unbranched alkanes of at least 4 members (excludes halogenated alkanes) is 1. The molecule has 0 unspecified atom stereocenters. The van der Waals surface area contributed by atoms with E-state index in [2.05, 4.69) is 5.32 Å². The van der Waals surface area contributed by atoms with E-state index in [1.165, 1.54) is 0 Å². The molecule has 16 heavy (non-hydrogen) atoms. The van der Waals surface area contributed by atoms with Crippen molar-refractivity contribution in [2.75, 3.05) is 5.32 Å². The molecule has 0 heterocycles. The summed E-state index contributed by atoms with van der Waals surface area (Å²) >= 11 is 11.9. The van der Waals surface area contributed by atoms with E-state index in [4.69, 9.17) is 23.2 Å². The van der Waals surface area contributed by atoms with Crippen molar-refractivity contribution < 1.29 is 4.79 Å². The smallest absolute Gasteiger partial charge is 0.260 e. The minimum absolute atomic E-state index is 0.365. The Hall–Kier alpha value is -0.730. The fourth-order valence-electron chi connectivity index (χ4n) is 1.26. The van der Waals surface area contributed by atoms with Crippen LogP contribution in [-0.4, -0.2) is 10.2 Å². The predicted octanol–water partition coefficient (Wildman–Crippen LogP) is 3.99. The summed E-state index contributed by atoms with van der Waals surface area (Å²) in [6.45, 7) is 2.03. The van der Waals surface area contributed by atoms with Crippen molar-refractivity contribution >= 4 is 34.8 Å². The highest BCUT2D eigenvalue weighted by Gasteiger charge is 2.32.